The fourth-order valence-corrected chi connectivity index (χ4v) is 1.32. The Morgan fingerprint density at radius 1 is 1.29 bits per heavy atom. The minimum atomic E-state index is -0.709. The summed E-state index contributed by atoms with van der Waals surface area (Å²) in [6.07, 6.45) is 1.04. The minimum absolute atomic E-state index is 0.0591. The molecule has 0 aromatic carbocycles. The van der Waals surface area contributed by atoms with Gasteiger partial charge in [0, 0.05) is 19.6 Å². The number of hydrogen-bond donors (Lipinski definition) is 7. The van der Waals surface area contributed by atoms with Crippen LogP contribution in [0, 0.1) is 5.41 Å². The first-order valence-corrected chi connectivity index (χ1v) is 6.45. The number of carbonyl (C=O) groups is 1. The number of carbonyl (C=O) groups excluding carboxylic acids is 1. The highest BCUT2D eigenvalue weighted by Crippen LogP contribution is 1.96. The summed E-state index contributed by atoms with van der Waals surface area (Å²) in [5, 5.41) is 28.5. The van der Waals surface area contributed by atoms with Gasteiger partial charge in [0.2, 0.25) is 0 Å². The summed E-state index contributed by atoms with van der Waals surface area (Å²) in [5.41, 5.74) is 10.7. The zero-order valence-electron chi connectivity index (χ0n) is 11.7. The summed E-state index contributed by atoms with van der Waals surface area (Å²) in [5.74, 6) is -0.612. The molecule has 0 aliphatic heterocycles. The highest BCUT2D eigenvalue weighted by molar-refractivity contribution is 5.75. The quantitative estimate of drug-likeness (QED) is 0.0682. The van der Waals surface area contributed by atoms with E-state index in [9.17, 15) is 4.79 Å². The number of rotatable bonds is 12. The largest absolute Gasteiger partial charge is 0.463 e. The number of guanidine groups is 1. The van der Waals surface area contributed by atoms with Gasteiger partial charge in [-0.05, 0) is 12.8 Å². The van der Waals surface area contributed by atoms with Crippen LogP contribution in [0.25, 0.3) is 0 Å². The van der Waals surface area contributed by atoms with Crippen LogP contribution >= 0.6 is 0 Å². The van der Waals surface area contributed by atoms with E-state index in [-0.39, 0.29) is 24.6 Å². The fraction of sp³-hybridized carbons (Fsp3) is 0.800. The normalized spacial score (nSPS) is 12.2. The monoisotopic (exact) mass is 308 g/mol. The topological polar surface area (TPSA) is 179 Å². The summed E-state index contributed by atoms with van der Waals surface area (Å²) in [4.78, 5) is 15.8. The Bertz CT molecular complexity index is 304. The van der Waals surface area contributed by atoms with E-state index in [0.29, 0.717) is 32.5 Å². The Kier molecular flexibility index (Phi) is 11.4. The van der Waals surface area contributed by atoms with Crippen LogP contribution < -0.4 is 22.1 Å². The van der Waals surface area contributed by atoms with Gasteiger partial charge in [-0.25, -0.2) is 4.84 Å². The van der Waals surface area contributed by atoms with Crippen LogP contribution in [0.2, 0.25) is 0 Å². The second-order valence-electron chi connectivity index (χ2n) is 4.09. The summed E-state index contributed by atoms with van der Waals surface area (Å²) in [6, 6.07) is -0.709. The lowest BCUT2D eigenvalue weighted by Crippen LogP contribution is -2.36. The number of esters is 1. The van der Waals surface area contributed by atoms with E-state index in [0.717, 1.165) is 0 Å². The van der Waals surface area contributed by atoms with Gasteiger partial charge in [-0.2, -0.15) is 0 Å². The fourth-order valence-electron chi connectivity index (χ4n) is 1.32. The van der Waals surface area contributed by atoms with Crippen molar-refractivity contribution in [2.75, 3.05) is 32.8 Å². The third-order valence-electron chi connectivity index (χ3n) is 2.32. The van der Waals surface area contributed by atoms with Gasteiger partial charge in [0.15, 0.2) is 5.96 Å². The molecule has 11 nitrogen and oxygen atoms in total. The van der Waals surface area contributed by atoms with Gasteiger partial charge in [0.05, 0.1) is 12.0 Å². The molecule has 124 valence electrons. The zero-order valence-corrected chi connectivity index (χ0v) is 11.7. The number of ether oxygens (including phenoxy) is 1. The van der Waals surface area contributed by atoms with Gasteiger partial charge in [0.1, 0.15) is 12.6 Å². The molecule has 0 fully saturated rings. The average Bonchev–Trinajstić information content (AvgIpc) is 2.41. The van der Waals surface area contributed by atoms with Crippen molar-refractivity contribution in [1.29, 1.82) is 5.41 Å². The second kappa shape index (κ2) is 12.3. The molecule has 0 heterocycles. The lowest BCUT2D eigenvalue weighted by Gasteiger charge is -2.12. The van der Waals surface area contributed by atoms with Crippen molar-refractivity contribution >= 4 is 11.9 Å². The Balaban J connectivity index is 3.45. The number of nitrogens with zero attached hydrogens (tertiary/aromatic N) is 1. The minimum Gasteiger partial charge on any atom is -0.463 e. The standard InChI is InChI=1S/C10H24N6O5/c11-8(2-1-3-15-10(12)13)9(17)20-6-4-14-5-7-21-16(18)19/h8,14,18-19H,1-7,11H2,(H4,12,13,15). The molecule has 11 heteroatoms. The number of hydrogen-bond acceptors (Lipinski definition) is 9. The van der Waals surface area contributed by atoms with Crippen molar-refractivity contribution in [2.24, 2.45) is 11.5 Å². The van der Waals surface area contributed by atoms with E-state index >= 15 is 0 Å². The molecule has 0 radical (unpaired) electrons. The van der Waals surface area contributed by atoms with Gasteiger partial charge in [0.25, 0.3) is 0 Å². The van der Waals surface area contributed by atoms with E-state index < -0.39 is 12.0 Å². The molecular weight excluding hydrogens is 284 g/mol. The maximum absolute atomic E-state index is 11.5. The molecule has 0 aromatic rings. The Hall–Kier alpha value is -1.50. The van der Waals surface area contributed by atoms with E-state index in [1.807, 2.05) is 0 Å². The second-order valence-corrected chi connectivity index (χ2v) is 4.09. The summed E-state index contributed by atoms with van der Waals surface area (Å²) in [6.45, 7) is 1.44. The molecule has 0 aliphatic carbocycles. The van der Waals surface area contributed by atoms with Crippen LogP contribution in [0.3, 0.4) is 0 Å². The first-order valence-electron chi connectivity index (χ1n) is 6.45. The van der Waals surface area contributed by atoms with Crippen LogP contribution in [0.15, 0.2) is 0 Å². The highest BCUT2D eigenvalue weighted by Gasteiger charge is 2.14. The predicted octanol–water partition coefficient (Wildman–Crippen LogP) is -2.28. The lowest BCUT2D eigenvalue weighted by molar-refractivity contribution is -0.491. The third-order valence-corrected chi connectivity index (χ3v) is 2.32. The molecule has 0 amide bonds. The number of nitrogens with two attached hydrogens (primary N) is 2. The van der Waals surface area contributed by atoms with Crippen LogP contribution in [0.1, 0.15) is 12.8 Å². The number of nitrogens with one attached hydrogen (secondary N) is 3. The van der Waals surface area contributed by atoms with Gasteiger partial charge in [-0.1, -0.05) is 0 Å². The van der Waals surface area contributed by atoms with Gasteiger partial charge < -0.3 is 26.8 Å². The Labute approximate surface area is 122 Å². The maximum atomic E-state index is 11.5. The van der Waals surface area contributed by atoms with Crippen molar-refractivity contribution in [1.82, 2.24) is 16.0 Å². The van der Waals surface area contributed by atoms with Crippen LogP contribution in [-0.4, -0.2) is 66.6 Å². The summed E-state index contributed by atoms with van der Waals surface area (Å²) in [7, 11) is 0. The first-order chi connectivity index (χ1) is 9.93. The van der Waals surface area contributed by atoms with Crippen LogP contribution in [0.5, 0.6) is 0 Å². The predicted molar refractivity (Wildman–Crippen MR) is 72.3 cm³/mol. The van der Waals surface area contributed by atoms with Crippen molar-refractivity contribution in [3.63, 3.8) is 0 Å². The van der Waals surface area contributed by atoms with E-state index in [1.165, 1.54) is 0 Å². The van der Waals surface area contributed by atoms with Crippen molar-refractivity contribution < 1.29 is 24.8 Å². The molecule has 1 atom stereocenters. The van der Waals surface area contributed by atoms with Crippen LogP contribution in [-0.2, 0) is 14.4 Å². The van der Waals surface area contributed by atoms with Crippen molar-refractivity contribution in [2.45, 2.75) is 18.9 Å². The summed E-state index contributed by atoms with van der Waals surface area (Å²) < 4.78 is 4.95. The van der Waals surface area contributed by atoms with Gasteiger partial charge in [-0.15, -0.1) is 0 Å². The molecule has 0 saturated heterocycles. The molecule has 0 bridgehead atoms. The van der Waals surface area contributed by atoms with E-state index in [2.05, 4.69) is 15.5 Å². The van der Waals surface area contributed by atoms with Crippen molar-refractivity contribution in [3.05, 3.63) is 0 Å². The molecule has 21 heavy (non-hydrogen) atoms. The van der Waals surface area contributed by atoms with Gasteiger partial charge in [-0.3, -0.25) is 20.6 Å². The van der Waals surface area contributed by atoms with Crippen molar-refractivity contribution in [3.8, 4) is 0 Å². The Morgan fingerprint density at radius 3 is 2.57 bits per heavy atom. The molecular formula is C10H24N6O5. The van der Waals surface area contributed by atoms with Gasteiger partial charge >= 0.3 is 5.97 Å². The molecule has 0 saturated carbocycles. The van der Waals surface area contributed by atoms with E-state index in [4.69, 9.17) is 32.0 Å². The Morgan fingerprint density at radius 2 is 1.95 bits per heavy atom. The third kappa shape index (κ3) is 13.2. The molecule has 0 spiro atoms. The van der Waals surface area contributed by atoms with Crippen LogP contribution in [0.4, 0.5) is 0 Å². The average molecular weight is 308 g/mol. The molecule has 0 aliphatic rings. The lowest BCUT2D eigenvalue weighted by atomic mass is 10.2. The highest BCUT2D eigenvalue weighted by atomic mass is 17.1. The SMILES string of the molecule is N=C(N)NCCCC(N)C(=O)OCCNCCON(O)O. The molecule has 0 rings (SSSR count). The molecule has 9 N–H and O–H groups in total. The zero-order chi connectivity index (χ0) is 16.1. The maximum Gasteiger partial charge on any atom is 0.322 e. The smallest absolute Gasteiger partial charge is 0.322 e. The molecule has 0 aromatic heterocycles. The summed E-state index contributed by atoms with van der Waals surface area (Å²) >= 11 is 0. The molecule has 1 unspecified atom stereocenters. The van der Waals surface area contributed by atoms with E-state index in [1.54, 1.807) is 0 Å². The first kappa shape index (κ1) is 19.5.